The predicted octanol–water partition coefficient (Wildman–Crippen LogP) is 3.75. The highest BCUT2D eigenvalue weighted by Crippen LogP contribution is 2.37. The maximum atomic E-state index is 14.1. The fourth-order valence-corrected chi connectivity index (χ4v) is 8.34. The average Bonchev–Trinajstić information content (AvgIpc) is 3.66. The van der Waals surface area contributed by atoms with Crippen LogP contribution in [0.2, 0.25) is 0 Å². The second-order valence-corrected chi connectivity index (χ2v) is 15.2. The van der Waals surface area contributed by atoms with Crippen molar-refractivity contribution in [3.63, 3.8) is 0 Å². The molecule has 1 aliphatic carbocycles. The molecule has 2 aliphatic rings. The Balaban J connectivity index is 1.40. The minimum Gasteiger partial charge on any atom is -0.444 e. The van der Waals surface area contributed by atoms with Gasteiger partial charge in [0.05, 0.1) is 22.0 Å². The SMILES string of the molecule is CC(C)(C)OC(=O)N1CCC(S(=O)(=O)C(C(=O)NCC(=O)NC2CC2)c2nc3ccc(-c4ccc(F)nc4)cc3s2)CC1. The Hall–Kier alpha value is -3.65. The van der Waals surface area contributed by atoms with Crippen molar-refractivity contribution >= 4 is 49.3 Å². The van der Waals surface area contributed by atoms with Gasteiger partial charge in [0.2, 0.25) is 17.8 Å². The second-order valence-electron chi connectivity index (χ2n) is 11.8. The van der Waals surface area contributed by atoms with Gasteiger partial charge in [-0.05, 0) is 76.3 Å². The predicted molar refractivity (Wildman–Crippen MR) is 159 cm³/mol. The molecular weight excluding hydrogens is 597 g/mol. The fraction of sp³-hybridized carbons (Fsp3) is 0.483. The molecule has 0 radical (unpaired) electrons. The molecule has 3 aromatic rings. The van der Waals surface area contributed by atoms with Crippen LogP contribution in [-0.4, -0.2) is 77.7 Å². The van der Waals surface area contributed by atoms with E-state index in [1.165, 1.54) is 17.2 Å². The summed E-state index contributed by atoms with van der Waals surface area (Å²) in [6.07, 6.45) is 2.88. The zero-order chi connectivity index (χ0) is 30.9. The topological polar surface area (TPSA) is 148 Å². The van der Waals surface area contributed by atoms with Crippen molar-refractivity contribution in [3.05, 3.63) is 47.5 Å². The van der Waals surface area contributed by atoms with E-state index in [9.17, 15) is 27.2 Å². The van der Waals surface area contributed by atoms with E-state index < -0.39 is 43.9 Å². The number of amides is 3. The van der Waals surface area contributed by atoms with Crippen molar-refractivity contribution in [2.45, 2.75) is 68.6 Å². The molecule has 1 unspecified atom stereocenters. The van der Waals surface area contributed by atoms with Crippen LogP contribution in [0.15, 0.2) is 36.5 Å². The second kappa shape index (κ2) is 12.2. The van der Waals surface area contributed by atoms with Crippen LogP contribution in [0.4, 0.5) is 9.18 Å². The number of likely N-dealkylation sites (tertiary alicyclic amines) is 1. The molecule has 2 fully saturated rings. The lowest BCUT2D eigenvalue weighted by Crippen LogP contribution is -2.47. The Bertz CT molecular complexity index is 1620. The Kier molecular flexibility index (Phi) is 8.70. The molecule has 230 valence electrons. The molecule has 1 atom stereocenters. The summed E-state index contributed by atoms with van der Waals surface area (Å²) in [5.41, 5.74) is 1.21. The lowest BCUT2D eigenvalue weighted by molar-refractivity contribution is -0.126. The highest BCUT2D eigenvalue weighted by Gasteiger charge is 2.44. The fourth-order valence-electron chi connectivity index (χ4n) is 4.83. The number of halogens is 1. The van der Waals surface area contributed by atoms with Crippen LogP contribution in [0.5, 0.6) is 0 Å². The summed E-state index contributed by atoms with van der Waals surface area (Å²) >= 11 is 1.07. The van der Waals surface area contributed by atoms with Crippen LogP contribution >= 0.6 is 11.3 Å². The van der Waals surface area contributed by atoms with Crippen molar-refractivity contribution in [2.75, 3.05) is 19.6 Å². The Morgan fingerprint density at radius 3 is 2.42 bits per heavy atom. The molecule has 2 aromatic heterocycles. The van der Waals surface area contributed by atoms with Crippen molar-refractivity contribution in [3.8, 4) is 11.1 Å². The molecule has 0 bridgehead atoms. The zero-order valence-corrected chi connectivity index (χ0v) is 25.8. The number of fused-ring (bicyclic) bond motifs is 1. The molecule has 1 saturated heterocycles. The first-order valence-corrected chi connectivity index (χ1v) is 16.5. The van der Waals surface area contributed by atoms with Gasteiger partial charge in [-0.15, -0.1) is 11.3 Å². The highest BCUT2D eigenvalue weighted by molar-refractivity contribution is 7.93. The molecule has 43 heavy (non-hydrogen) atoms. The van der Waals surface area contributed by atoms with Gasteiger partial charge >= 0.3 is 6.09 Å². The molecule has 11 nitrogen and oxygen atoms in total. The van der Waals surface area contributed by atoms with E-state index in [1.807, 2.05) is 0 Å². The Morgan fingerprint density at radius 2 is 1.79 bits per heavy atom. The summed E-state index contributed by atoms with van der Waals surface area (Å²) in [5.74, 6) is -1.83. The number of ether oxygens (including phenoxy) is 1. The summed E-state index contributed by atoms with van der Waals surface area (Å²) < 4.78 is 47.6. The quantitative estimate of drug-likeness (QED) is 0.358. The number of thiazole rings is 1. The maximum Gasteiger partial charge on any atom is 0.410 e. The van der Waals surface area contributed by atoms with Crippen LogP contribution in [0, 0.1) is 5.95 Å². The first-order valence-electron chi connectivity index (χ1n) is 14.1. The number of pyridine rings is 1. The van der Waals surface area contributed by atoms with Crippen molar-refractivity contribution in [1.29, 1.82) is 0 Å². The normalized spacial score (nSPS) is 17.0. The number of piperidine rings is 1. The Morgan fingerprint density at radius 1 is 1.09 bits per heavy atom. The molecule has 3 amide bonds. The van der Waals surface area contributed by atoms with E-state index >= 15 is 0 Å². The van der Waals surface area contributed by atoms with Gasteiger partial charge in [-0.25, -0.2) is 23.2 Å². The molecule has 1 aliphatic heterocycles. The molecule has 2 N–H and O–H groups in total. The number of nitrogens with one attached hydrogen (secondary N) is 2. The van der Waals surface area contributed by atoms with Gasteiger partial charge in [-0.3, -0.25) is 9.59 Å². The first-order chi connectivity index (χ1) is 20.3. The lowest BCUT2D eigenvalue weighted by Gasteiger charge is -2.34. The number of benzene rings is 1. The molecule has 5 rings (SSSR count). The summed E-state index contributed by atoms with van der Waals surface area (Å²) in [7, 11) is -4.16. The van der Waals surface area contributed by atoms with Gasteiger partial charge in [0.25, 0.3) is 0 Å². The number of aromatic nitrogens is 2. The van der Waals surface area contributed by atoms with Crippen molar-refractivity contribution < 1.29 is 31.9 Å². The van der Waals surface area contributed by atoms with Gasteiger partial charge in [0, 0.05) is 30.9 Å². The smallest absolute Gasteiger partial charge is 0.410 e. The first kappa shape index (κ1) is 30.8. The molecule has 3 heterocycles. The van der Waals surface area contributed by atoms with Gasteiger partial charge in [0.1, 0.15) is 10.6 Å². The monoisotopic (exact) mass is 631 g/mol. The van der Waals surface area contributed by atoms with Gasteiger partial charge < -0.3 is 20.3 Å². The van der Waals surface area contributed by atoms with Gasteiger partial charge in [-0.1, -0.05) is 6.07 Å². The zero-order valence-electron chi connectivity index (χ0n) is 24.1. The third-order valence-corrected chi connectivity index (χ3v) is 10.9. The largest absolute Gasteiger partial charge is 0.444 e. The van der Waals surface area contributed by atoms with E-state index in [2.05, 4.69) is 20.6 Å². The van der Waals surface area contributed by atoms with Crippen molar-refractivity contribution in [2.24, 2.45) is 0 Å². The van der Waals surface area contributed by atoms with Crippen molar-refractivity contribution in [1.82, 2.24) is 25.5 Å². The number of rotatable bonds is 8. The van der Waals surface area contributed by atoms with Crippen LogP contribution in [0.3, 0.4) is 0 Å². The summed E-state index contributed by atoms with van der Waals surface area (Å²) in [5, 5.41) is 2.81. The van der Waals surface area contributed by atoms with E-state index in [4.69, 9.17) is 4.74 Å². The average molecular weight is 632 g/mol. The van der Waals surface area contributed by atoms with E-state index in [1.54, 1.807) is 45.0 Å². The van der Waals surface area contributed by atoms with Crippen LogP contribution < -0.4 is 10.6 Å². The van der Waals surface area contributed by atoms with Gasteiger partial charge in [0.15, 0.2) is 15.1 Å². The lowest BCUT2D eigenvalue weighted by atomic mass is 10.1. The number of sulfone groups is 1. The number of hydrogen-bond acceptors (Lipinski definition) is 9. The molecule has 1 aromatic carbocycles. The molecule has 14 heteroatoms. The summed E-state index contributed by atoms with van der Waals surface area (Å²) in [6, 6.07) is 8.18. The number of hydrogen-bond donors (Lipinski definition) is 2. The minimum atomic E-state index is -4.16. The molecule has 0 spiro atoms. The Labute approximate surface area is 253 Å². The molecule has 1 saturated carbocycles. The number of carbonyl (C=O) groups is 3. The number of carbonyl (C=O) groups excluding carboxylic acids is 3. The van der Waals surface area contributed by atoms with Crippen LogP contribution in [0.1, 0.15) is 56.7 Å². The van der Waals surface area contributed by atoms with Gasteiger partial charge in [-0.2, -0.15) is 4.39 Å². The van der Waals surface area contributed by atoms with E-state index in [-0.39, 0.29) is 49.4 Å². The highest BCUT2D eigenvalue weighted by atomic mass is 32.2. The number of nitrogens with zero attached hydrogens (tertiary/aromatic N) is 3. The summed E-state index contributed by atoms with van der Waals surface area (Å²) in [6.45, 7) is 5.23. The van der Waals surface area contributed by atoms with E-state index in [0.29, 0.717) is 15.8 Å². The maximum absolute atomic E-state index is 14.1. The minimum absolute atomic E-state index is 0.0825. The third kappa shape index (κ3) is 7.47. The van der Waals surface area contributed by atoms with Crippen LogP contribution in [0.25, 0.3) is 21.3 Å². The third-order valence-electron chi connectivity index (χ3n) is 7.18. The standard InChI is InChI=1S/C29H34FN5O6S2/c1-29(2,3)41-28(38)35-12-10-20(11-13-35)43(39,40)25(26(37)32-16-24(36)33-19-6-7-19)27-34-21-8-4-17(14-22(21)42-27)18-5-9-23(30)31-15-18/h4-5,8-9,14-15,19-20,25H,6-7,10-13,16H2,1-3H3,(H,32,37)(H,33,36). The summed E-state index contributed by atoms with van der Waals surface area (Å²) in [4.78, 5) is 48.0. The molecular formula is C29H34FN5O6S2. The van der Waals surface area contributed by atoms with Crippen LogP contribution in [-0.2, 0) is 24.2 Å². The van der Waals surface area contributed by atoms with E-state index in [0.717, 1.165) is 29.7 Å².